The predicted molar refractivity (Wildman–Crippen MR) is 64.8 cm³/mol. The average Bonchev–Trinajstić information content (AvgIpc) is 2.57. The van der Waals surface area contributed by atoms with Crippen LogP contribution in [0.3, 0.4) is 0 Å². The van der Waals surface area contributed by atoms with Crippen LogP contribution >= 0.6 is 0 Å². The van der Waals surface area contributed by atoms with Crippen molar-refractivity contribution in [1.29, 1.82) is 0 Å². The van der Waals surface area contributed by atoms with Gasteiger partial charge in [0.05, 0.1) is 18.4 Å². The standard InChI is InChI=1S/C12H20N2O4/c1-4-5-14-10(15)6-9(11(14)16)13(3)7-8(2)12(17)18/h8-9H,4-7H2,1-3H3,(H,17,18). The number of nitrogens with zero attached hydrogens (tertiary/aromatic N) is 2. The summed E-state index contributed by atoms with van der Waals surface area (Å²) >= 11 is 0. The van der Waals surface area contributed by atoms with E-state index >= 15 is 0 Å². The highest BCUT2D eigenvalue weighted by Gasteiger charge is 2.40. The molecule has 0 saturated carbocycles. The molecule has 0 radical (unpaired) electrons. The molecule has 0 aromatic carbocycles. The molecule has 18 heavy (non-hydrogen) atoms. The third-order valence-electron chi connectivity index (χ3n) is 3.18. The fourth-order valence-electron chi connectivity index (χ4n) is 2.11. The van der Waals surface area contributed by atoms with Crippen LogP contribution in [-0.2, 0) is 14.4 Å². The van der Waals surface area contributed by atoms with E-state index in [0.717, 1.165) is 6.42 Å². The molecular formula is C12H20N2O4. The number of aliphatic carboxylic acids is 1. The van der Waals surface area contributed by atoms with Crippen LogP contribution in [0.4, 0.5) is 0 Å². The molecule has 2 unspecified atom stereocenters. The highest BCUT2D eigenvalue weighted by Crippen LogP contribution is 2.18. The first-order chi connectivity index (χ1) is 8.38. The van der Waals surface area contributed by atoms with Crippen molar-refractivity contribution >= 4 is 17.8 Å². The maximum Gasteiger partial charge on any atom is 0.307 e. The smallest absolute Gasteiger partial charge is 0.307 e. The van der Waals surface area contributed by atoms with Crippen LogP contribution in [0, 0.1) is 5.92 Å². The number of hydrogen-bond acceptors (Lipinski definition) is 4. The highest BCUT2D eigenvalue weighted by atomic mass is 16.4. The van der Waals surface area contributed by atoms with Crippen molar-refractivity contribution in [3.8, 4) is 0 Å². The van der Waals surface area contributed by atoms with Crippen molar-refractivity contribution in [2.45, 2.75) is 32.7 Å². The molecule has 1 saturated heterocycles. The number of rotatable bonds is 6. The number of carboxylic acids is 1. The van der Waals surface area contributed by atoms with Gasteiger partial charge in [-0.05, 0) is 13.5 Å². The molecule has 1 N–H and O–H groups in total. The molecule has 1 rings (SSSR count). The minimum atomic E-state index is -0.899. The first-order valence-corrected chi connectivity index (χ1v) is 6.15. The second-order valence-electron chi connectivity index (χ2n) is 4.78. The average molecular weight is 256 g/mol. The van der Waals surface area contributed by atoms with E-state index in [4.69, 9.17) is 5.11 Å². The predicted octanol–water partition coefficient (Wildman–Crippen LogP) is 0.176. The van der Waals surface area contributed by atoms with Crippen LogP contribution in [0.5, 0.6) is 0 Å². The summed E-state index contributed by atoms with van der Waals surface area (Å²) in [5.41, 5.74) is 0. The molecule has 2 amide bonds. The minimum Gasteiger partial charge on any atom is -0.481 e. The van der Waals surface area contributed by atoms with E-state index in [0.29, 0.717) is 6.54 Å². The third-order valence-corrected chi connectivity index (χ3v) is 3.18. The topological polar surface area (TPSA) is 77.9 Å². The van der Waals surface area contributed by atoms with E-state index < -0.39 is 17.9 Å². The molecular weight excluding hydrogens is 236 g/mol. The molecule has 0 bridgehead atoms. The Hall–Kier alpha value is -1.43. The molecule has 1 fully saturated rings. The molecule has 1 aliphatic heterocycles. The van der Waals surface area contributed by atoms with Gasteiger partial charge < -0.3 is 5.11 Å². The molecule has 0 aromatic rings. The molecule has 0 spiro atoms. The number of carbonyl (C=O) groups excluding carboxylic acids is 2. The van der Waals surface area contributed by atoms with Crippen molar-refractivity contribution in [2.75, 3.05) is 20.1 Å². The Morgan fingerprint density at radius 2 is 2.17 bits per heavy atom. The summed E-state index contributed by atoms with van der Waals surface area (Å²) in [5.74, 6) is -1.83. The van der Waals surface area contributed by atoms with Gasteiger partial charge in [0, 0.05) is 13.1 Å². The Labute approximate surface area is 107 Å². The Bertz CT molecular complexity index is 356. The number of likely N-dealkylation sites (tertiary alicyclic amines) is 1. The SMILES string of the molecule is CCCN1C(=O)CC(N(C)CC(C)C(=O)O)C1=O. The third kappa shape index (κ3) is 3.07. The second kappa shape index (κ2) is 5.95. The van der Waals surface area contributed by atoms with Gasteiger partial charge in [-0.1, -0.05) is 13.8 Å². The second-order valence-corrected chi connectivity index (χ2v) is 4.78. The number of likely N-dealkylation sites (N-methyl/N-ethyl adjacent to an activating group) is 1. The Morgan fingerprint density at radius 3 is 2.67 bits per heavy atom. The van der Waals surface area contributed by atoms with E-state index in [-0.39, 0.29) is 24.8 Å². The van der Waals surface area contributed by atoms with Gasteiger partial charge in [0.1, 0.15) is 0 Å². The van der Waals surface area contributed by atoms with Gasteiger partial charge in [-0.2, -0.15) is 0 Å². The van der Waals surface area contributed by atoms with Crippen molar-refractivity contribution in [1.82, 2.24) is 9.80 Å². The largest absolute Gasteiger partial charge is 0.481 e. The van der Waals surface area contributed by atoms with Crippen LogP contribution in [0.2, 0.25) is 0 Å². The van der Waals surface area contributed by atoms with Crippen LogP contribution in [0.15, 0.2) is 0 Å². The van der Waals surface area contributed by atoms with Gasteiger partial charge in [-0.25, -0.2) is 0 Å². The number of hydrogen-bond donors (Lipinski definition) is 1. The van der Waals surface area contributed by atoms with E-state index in [2.05, 4.69) is 0 Å². The van der Waals surface area contributed by atoms with Crippen molar-refractivity contribution in [3.05, 3.63) is 0 Å². The Balaban J connectivity index is 2.65. The van der Waals surface area contributed by atoms with Crippen molar-refractivity contribution in [3.63, 3.8) is 0 Å². The van der Waals surface area contributed by atoms with Gasteiger partial charge in [0.25, 0.3) is 0 Å². The molecule has 1 aliphatic rings. The lowest BCUT2D eigenvalue weighted by Gasteiger charge is -2.24. The molecule has 6 heteroatoms. The van der Waals surface area contributed by atoms with Gasteiger partial charge in [-0.3, -0.25) is 24.2 Å². The zero-order chi connectivity index (χ0) is 13.9. The van der Waals surface area contributed by atoms with E-state index in [1.165, 1.54) is 4.90 Å². The first-order valence-electron chi connectivity index (χ1n) is 6.15. The van der Waals surface area contributed by atoms with Crippen LogP contribution in [0.25, 0.3) is 0 Å². The lowest BCUT2D eigenvalue weighted by molar-refractivity contribution is -0.143. The van der Waals surface area contributed by atoms with E-state index in [1.807, 2.05) is 6.92 Å². The summed E-state index contributed by atoms with van der Waals surface area (Å²) < 4.78 is 0. The van der Waals surface area contributed by atoms with E-state index in [1.54, 1.807) is 18.9 Å². The number of carboxylic acid groups (broad SMARTS) is 1. The normalized spacial score (nSPS) is 21.8. The zero-order valence-corrected chi connectivity index (χ0v) is 11.0. The summed E-state index contributed by atoms with van der Waals surface area (Å²) in [6.07, 6.45) is 0.890. The van der Waals surface area contributed by atoms with Gasteiger partial charge in [0.15, 0.2) is 0 Å². The quantitative estimate of drug-likeness (QED) is 0.686. The Kier molecular flexibility index (Phi) is 4.84. The maximum absolute atomic E-state index is 12.0. The summed E-state index contributed by atoms with van der Waals surface area (Å²) in [4.78, 5) is 37.4. The first kappa shape index (κ1) is 14.6. The summed E-state index contributed by atoms with van der Waals surface area (Å²) in [5, 5.41) is 8.84. The minimum absolute atomic E-state index is 0.154. The summed E-state index contributed by atoms with van der Waals surface area (Å²) in [7, 11) is 1.69. The summed E-state index contributed by atoms with van der Waals surface area (Å²) in [6.45, 7) is 4.20. The molecule has 102 valence electrons. The number of amides is 2. The van der Waals surface area contributed by atoms with Gasteiger partial charge in [0.2, 0.25) is 11.8 Å². The van der Waals surface area contributed by atoms with E-state index in [9.17, 15) is 14.4 Å². The summed E-state index contributed by atoms with van der Waals surface area (Å²) in [6, 6.07) is -0.508. The van der Waals surface area contributed by atoms with Crippen LogP contribution in [0.1, 0.15) is 26.7 Å². The van der Waals surface area contributed by atoms with Gasteiger partial charge in [-0.15, -0.1) is 0 Å². The highest BCUT2D eigenvalue weighted by molar-refractivity contribution is 6.05. The monoisotopic (exact) mass is 256 g/mol. The number of carbonyl (C=O) groups is 3. The van der Waals surface area contributed by atoms with Crippen LogP contribution < -0.4 is 0 Å². The lowest BCUT2D eigenvalue weighted by atomic mass is 10.1. The molecule has 2 atom stereocenters. The van der Waals surface area contributed by atoms with Crippen LogP contribution in [-0.4, -0.2) is 58.9 Å². The van der Waals surface area contributed by atoms with Crippen molar-refractivity contribution < 1.29 is 19.5 Å². The fourth-order valence-corrected chi connectivity index (χ4v) is 2.11. The fraction of sp³-hybridized carbons (Fsp3) is 0.750. The number of imide groups is 1. The Morgan fingerprint density at radius 1 is 1.56 bits per heavy atom. The molecule has 6 nitrogen and oxygen atoms in total. The van der Waals surface area contributed by atoms with Gasteiger partial charge >= 0.3 is 5.97 Å². The zero-order valence-electron chi connectivity index (χ0n) is 11.0. The molecule has 0 aromatic heterocycles. The molecule has 1 heterocycles. The lowest BCUT2D eigenvalue weighted by Crippen LogP contribution is -2.42. The van der Waals surface area contributed by atoms with Crippen molar-refractivity contribution in [2.24, 2.45) is 5.92 Å². The molecule has 0 aliphatic carbocycles. The maximum atomic E-state index is 12.0.